The molecule has 17 heavy (non-hydrogen) atoms. The standard InChI is InChI=1S/C12H15FN2O2/c1-12(7-16,8-17)15-6-10-3-2-9(5-14)4-11(10)13/h2-4,15-17H,6-8H2,1H3. The summed E-state index contributed by atoms with van der Waals surface area (Å²) in [7, 11) is 0. The van der Waals surface area contributed by atoms with Crippen LogP contribution in [-0.4, -0.2) is 29.0 Å². The van der Waals surface area contributed by atoms with Gasteiger partial charge < -0.3 is 15.5 Å². The van der Waals surface area contributed by atoms with Crippen molar-refractivity contribution in [3.05, 3.63) is 35.1 Å². The minimum atomic E-state index is -0.847. The maximum atomic E-state index is 13.5. The molecule has 0 atom stereocenters. The topological polar surface area (TPSA) is 76.3 Å². The van der Waals surface area contributed by atoms with Crippen molar-refractivity contribution in [3.8, 4) is 6.07 Å². The molecule has 0 aliphatic heterocycles. The molecule has 1 aromatic rings. The van der Waals surface area contributed by atoms with Gasteiger partial charge in [-0.15, -0.1) is 0 Å². The molecule has 0 amide bonds. The molecule has 0 spiro atoms. The summed E-state index contributed by atoms with van der Waals surface area (Å²) in [5.41, 5.74) is -0.198. The lowest BCUT2D eigenvalue weighted by Gasteiger charge is -2.26. The van der Waals surface area contributed by atoms with E-state index in [1.807, 2.05) is 6.07 Å². The van der Waals surface area contributed by atoms with Crippen LogP contribution in [0.4, 0.5) is 4.39 Å². The fourth-order valence-corrected chi connectivity index (χ4v) is 1.23. The first kappa shape index (κ1) is 13.6. The van der Waals surface area contributed by atoms with Crippen LogP contribution in [0, 0.1) is 17.1 Å². The van der Waals surface area contributed by atoms with Crippen molar-refractivity contribution in [3.63, 3.8) is 0 Å². The monoisotopic (exact) mass is 238 g/mol. The number of aliphatic hydroxyl groups is 2. The Morgan fingerprint density at radius 2 is 2.06 bits per heavy atom. The number of nitriles is 1. The van der Waals surface area contributed by atoms with Crippen molar-refractivity contribution in [2.75, 3.05) is 13.2 Å². The van der Waals surface area contributed by atoms with E-state index in [-0.39, 0.29) is 25.3 Å². The van der Waals surface area contributed by atoms with Crippen LogP contribution in [0.3, 0.4) is 0 Å². The van der Waals surface area contributed by atoms with Crippen LogP contribution >= 0.6 is 0 Å². The lowest BCUT2D eigenvalue weighted by atomic mass is 10.0. The van der Waals surface area contributed by atoms with Gasteiger partial charge in [-0.25, -0.2) is 4.39 Å². The van der Waals surface area contributed by atoms with Gasteiger partial charge in [-0.3, -0.25) is 0 Å². The lowest BCUT2D eigenvalue weighted by molar-refractivity contribution is 0.103. The molecule has 0 unspecified atom stereocenters. The van der Waals surface area contributed by atoms with Gasteiger partial charge >= 0.3 is 0 Å². The van der Waals surface area contributed by atoms with Gasteiger partial charge in [0.1, 0.15) is 5.82 Å². The second kappa shape index (κ2) is 5.73. The van der Waals surface area contributed by atoms with E-state index < -0.39 is 11.4 Å². The summed E-state index contributed by atoms with van der Waals surface area (Å²) in [6.07, 6.45) is 0. The average molecular weight is 238 g/mol. The van der Waals surface area contributed by atoms with Crippen molar-refractivity contribution >= 4 is 0 Å². The molecular formula is C12H15FN2O2. The van der Waals surface area contributed by atoms with Gasteiger partial charge in [-0.1, -0.05) is 6.07 Å². The lowest BCUT2D eigenvalue weighted by Crippen LogP contribution is -2.48. The summed E-state index contributed by atoms with van der Waals surface area (Å²) in [6, 6.07) is 6.04. The first-order valence-corrected chi connectivity index (χ1v) is 5.20. The van der Waals surface area contributed by atoms with Gasteiger partial charge in [-0.05, 0) is 19.1 Å². The van der Waals surface area contributed by atoms with E-state index in [1.54, 1.807) is 6.92 Å². The van der Waals surface area contributed by atoms with Gasteiger partial charge in [-0.2, -0.15) is 5.26 Å². The summed E-state index contributed by atoms with van der Waals surface area (Å²) in [5.74, 6) is -0.477. The fourth-order valence-electron chi connectivity index (χ4n) is 1.23. The van der Waals surface area contributed by atoms with Gasteiger partial charge in [0.15, 0.2) is 0 Å². The molecule has 0 aromatic heterocycles. The summed E-state index contributed by atoms with van der Waals surface area (Å²) in [4.78, 5) is 0. The predicted octanol–water partition coefficient (Wildman–Crippen LogP) is 0.530. The molecule has 1 aromatic carbocycles. The molecule has 0 heterocycles. The van der Waals surface area contributed by atoms with Crippen molar-refractivity contribution in [1.82, 2.24) is 5.32 Å². The Morgan fingerprint density at radius 3 is 2.53 bits per heavy atom. The highest BCUT2D eigenvalue weighted by Gasteiger charge is 2.21. The number of benzene rings is 1. The first-order chi connectivity index (χ1) is 8.04. The van der Waals surface area contributed by atoms with E-state index in [0.29, 0.717) is 5.56 Å². The minimum absolute atomic E-state index is 0.176. The summed E-state index contributed by atoms with van der Waals surface area (Å²) in [5, 5.41) is 29.6. The number of hydrogen-bond donors (Lipinski definition) is 3. The van der Waals surface area contributed by atoms with Crippen LogP contribution in [0.15, 0.2) is 18.2 Å². The van der Waals surface area contributed by atoms with Crippen molar-refractivity contribution in [2.24, 2.45) is 0 Å². The number of rotatable bonds is 5. The number of aliphatic hydroxyl groups excluding tert-OH is 2. The SMILES string of the molecule is CC(CO)(CO)NCc1ccc(C#N)cc1F. The molecular weight excluding hydrogens is 223 g/mol. The van der Waals surface area contributed by atoms with E-state index in [0.717, 1.165) is 6.07 Å². The third kappa shape index (κ3) is 3.49. The summed E-state index contributed by atoms with van der Waals surface area (Å²) >= 11 is 0. The first-order valence-electron chi connectivity index (χ1n) is 5.20. The number of nitrogens with zero attached hydrogens (tertiary/aromatic N) is 1. The molecule has 1 rings (SSSR count). The molecule has 0 saturated heterocycles. The zero-order valence-electron chi connectivity index (χ0n) is 9.57. The smallest absolute Gasteiger partial charge is 0.129 e. The highest BCUT2D eigenvalue weighted by atomic mass is 19.1. The Bertz CT molecular complexity index is 425. The summed E-state index contributed by atoms with van der Waals surface area (Å²) in [6.45, 7) is 1.31. The minimum Gasteiger partial charge on any atom is -0.394 e. The Balaban J connectivity index is 2.74. The molecule has 0 aliphatic rings. The molecule has 92 valence electrons. The summed E-state index contributed by atoms with van der Waals surface area (Å²) < 4.78 is 13.5. The van der Waals surface area contributed by atoms with Crippen molar-refractivity contribution in [2.45, 2.75) is 19.0 Å². The van der Waals surface area contributed by atoms with E-state index in [4.69, 9.17) is 15.5 Å². The zero-order chi connectivity index (χ0) is 12.9. The Hall–Kier alpha value is -1.48. The van der Waals surface area contributed by atoms with Crippen LogP contribution in [0.2, 0.25) is 0 Å². The average Bonchev–Trinajstić information content (AvgIpc) is 2.36. The number of hydrogen-bond acceptors (Lipinski definition) is 4. The maximum absolute atomic E-state index is 13.5. The molecule has 0 saturated carbocycles. The van der Waals surface area contributed by atoms with Crippen LogP contribution in [0.25, 0.3) is 0 Å². The van der Waals surface area contributed by atoms with E-state index in [1.165, 1.54) is 12.1 Å². The van der Waals surface area contributed by atoms with Gasteiger partial charge in [0.05, 0.1) is 30.4 Å². The number of nitrogens with one attached hydrogen (secondary N) is 1. The number of halogens is 1. The van der Waals surface area contributed by atoms with Crippen molar-refractivity contribution < 1.29 is 14.6 Å². The van der Waals surface area contributed by atoms with Crippen LogP contribution in [0.5, 0.6) is 0 Å². The van der Waals surface area contributed by atoms with Gasteiger partial charge in [0, 0.05) is 12.1 Å². The van der Waals surface area contributed by atoms with Crippen LogP contribution in [0.1, 0.15) is 18.1 Å². The Labute approximate surface area is 99.3 Å². The maximum Gasteiger partial charge on any atom is 0.129 e. The fraction of sp³-hybridized carbons (Fsp3) is 0.417. The molecule has 5 heteroatoms. The second-order valence-corrected chi connectivity index (χ2v) is 4.15. The Kier molecular flexibility index (Phi) is 4.58. The van der Waals surface area contributed by atoms with Gasteiger partial charge in [0.25, 0.3) is 0 Å². The normalized spacial score (nSPS) is 11.2. The second-order valence-electron chi connectivity index (χ2n) is 4.15. The molecule has 0 aliphatic carbocycles. The van der Waals surface area contributed by atoms with Crippen LogP contribution < -0.4 is 5.32 Å². The predicted molar refractivity (Wildman–Crippen MR) is 60.5 cm³/mol. The molecule has 0 bridgehead atoms. The molecule has 0 radical (unpaired) electrons. The zero-order valence-corrected chi connectivity index (χ0v) is 9.57. The van der Waals surface area contributed by atoms with Crippen molar-refractivity contribution in [1.29, 1.82) is 5.26 Å². The highest BCUT2D eigenvalue weighted by Crippen LogP contribution is 2.11. The largest absolute Gasteiger partial charge is 0.394 e. The highest BCUT2D eigenvalue weighted by molar-refractivity contribution is 5.32. The third-order valence-electron chi connectivity index (χ3n) is 2.59. The molecule has 4 nitrogen and oxygen atoms in total. The van der Waals surface area contributed by atoms with E-state index >= 15 is 0 Å². The third-order valence-corrected chi connectivity index (χ3v) is 2.59. The van der Waals surface area contributed by atoms with Gasteiger partial charge in [0.2, 0.25) is 0 Å². The quantitative estimate of drug-likeness (QED) is 0.699. The molecule has 0 fully saturated rings. The van der Waals surface area contributed by atoms with E-state index in [9.17, 15) is 4.39 Å². The van der Waals surface area contributed by atoms with E-state index in [2.05, 4.69) is 5.32 Å². The van der Waals surface area contributed by atoms with Crippen LogP contribution in [-0.2, 0) is 6.54 Å². The Morgan fingerprint density at radius 1 is 1.41 bits per heavy atom. The molecule has 3 N–H and O–H groups in total.